The van der Waals surface area contributed by atoms with Gasteiger partial charge in [-0.2, -0.15) is 5.10 Å². The van der Waals surface area contributed by atoms with E-state index in [1.165, 1.54) is 25.3 Å². The third kappa shape index (κ3) is 5.73. The van der Waals surface area contributed by atoms with Crippen molar-refractivity contribution in [1.82, 2.24) is 5.01 Å². The van der Waals surface area contributed by atoms with Crippen LogP contribution in [0.15, 0.2) is 41.5 Å². The summed E-state index contributed by atoms with van der Waals surface area (Å²) in [5, 5.41) is 8.99. The number of hydrazone groups is 1. The maximum Gasteiger partial charge on any atom is 0.243 e. The molecule has 1 atom stereocenters. The van der Waals surface area contributed by atoms with E-state index in [1.54, 1.807) is 6.07 Å². The lowest BCUT2D eigenvalue weighted by molar-refractivity contribution is -0.133. The first-order chi connectivity index (χ1) is 16.4. The van der Waals surface area contributed by atoms with Gasteiger partial charge in [0, 0.05) is 30.0 Å². The standard InChI is InChI=1S/C26H32FN3O4/c1-5-7-8-22(31)28-19-11-9-17(10-12-19)16-30-23(32)15-18(6-2)24(29-30)20-13-14-21(27)26(34-4)25(20)33-3/h9-14,18H,5-8,15-16H2,1-4H3,(H,28,31). The Morgan fingerprint density at radius 2 is 1.82 bits per heavy atom. The maximum absolute atomic E-state index is 14.2. The first-order valence-corrected chi connectivity index (χ1v) is 11.6. The third-order valence-corrected chi connectivity index (χ3v) is 5.89. The molecule has 7 nitrogen and oxygen atoms in total. The smallest absolute Gasteiger partial charge is 0.243 e. The highest BCUT2D eigenvalue weighted by atomic mass is 19.1. The predicted octanol–water partition coefficient (Wildman–Crippen LogP) is 5.13. The van der Waals surface area contributed by atoms with Crippen molar-refractivity contribution in [3.05, 3.63) is 53.3 Å². The van der Waals surface area contributed by atoms with E-state index in [1.807, 2.05) is 38.1 Å². The molecule has 0 saturated heterocycles. The zero-order chi connectivity index (χ0) is 24.7. The Labute approximate surface area is 199 Å². The van der Waals surface area contributed by atoms with Gasteiger partial charge >= 0.3 is 0 Å². The topological polar surface area (TPSA) is 80.2 Å². The summed E-state index contributed by atoms with van der Waals surface area (Å²) in [6.07, 6.45) is 3.31. The Morgan fingerprint density at radius 1 is 1.12 bits per heavy atom. The molecule has 1 heterocycles. The van der Waals surface area contributed by atoms with Crippen LogP contribution in [0.5, 0.6) is 11.5 Å². The highest BCUT2D eigenvalue weighted by Gasteiger charge is 2.32. The lowest BCUT2D eigenvalue weighted by atomic mass is 9.89. The molecule has 0 radical (unpaired) electrons. The van der Waals surface area contributed by atoms with Gasteiger partial charge in [0.25, 0.3) is 0 Å². The van der Waals surface area contributed by atoms with Gasteiger partial charge in [0.1, 0.15) is 0 Å². The molecule has 2 amide bonds. The van der Waals surface area contributed by atoms with Crippen LogP contribution < -0.4 is 14.8 Å². The number of ether oxygens (including phenoxy) is 2. The number of carbonyl (C=O) groups excluding carboxylic acids is 2. The minimum Gasteiger partial charge on any atom is -0.492 e. The monoisotopic (exact) mass is 469 g/mol. The number of benzene rings is 2. The van der Waals surface area contributed by atoms with E-state index in [4.69, 9.17) is 9.47 Å². The van der Waals surface area contributed by atoms with Crippen LogP contribution in [0.2, 0.25) is 0 Å². The van der Waals surface area contributed by atoms with Crippen LogP contribution >= 0.6 is 0 Å². The second-order valence-electron chi connectivity index (χ2n) is 8.26. The van der Waals surface area contributed by atoms with E-state index < -0.39 is 5.82 Å². The molecule has 1 N–H and O–H groups in total. The molecule has 1 aliphatic rings. The summed E-state index contributed by atoms with van der Waals surface area (Å²) < 4.78 is 24.9. The third-order valence-electron chi connectivity index (χ3n) is 5.89. The molecule has 182 valence electrons. The molecule has 2 aromatic rings. The van der Waals surface area contributed by atoms with E-state index in [9.17, 15) is 14.0 Å². The van der Waals surface area contributed by atoms with Crippen molar-refractivity contribution in [2.45, 2.75) is 52.5 Å². The van der Waals surface area contributed by atoms with Gasteiger partial charge in [-0.25, -0.2) is 9.40 Å². The molecule has 0 saturated carbocycles. The van der Waals surface area contributed by atoms with Crippen LogP contribution in [0, 0.1) is 11.7 Å². The van der Waals surface area contributed by atoms with E-state index in [-0.39, 0.29) is 35.8 Å². The Morgan fingerprint density at radius 3 is 2.44 bits per heavy atom. The first kappa shape index (κ1) is 25.2. The van der Waals surface area contributed by atoms with Crippen LogP contribution in [-0.2, 0) is 16.1 Å². The van der Waals surface area contributed by atoms with Gasteiger partial charge in [0.15, 0.2) is 17.3 Å². The van der Waals surface area contributed by atoms with E-state index in [0.29, 0.717) is 36.2 Å². The van der Waals surface area contributed by atoms with Gasteiger partial charge in [0.2, 0.25) is 11.8 Å². The number of halogens is 1. The summed E-state index contributed by atoms with van der Waals surface area (Å²) in [7, 11) is 2.84. The summed E-state index contributed by atoms with van der Waals surface area (Å²) >= 11 is 0. The van der Waals surface area contributed by atoms with Crippen LogP contribution in [0.25, 0.3) is 0 Å². The van der Waals surface area contributed by atoms with Gasteiger partial charge in [-0.1, -0.05) is 32.4 Å². The normalized spacial score (nSPS) is 15.7. The highest BCUT2D eigenvalue weighted by Crippen LogP contribution is 2.37. The molecular formula is C26H32FN3O4. The molecule has 0 aliphatic carbocycles. The molecule has 8 heteroatoms. The summed E-state index contributed by atoms with van der Waals surface area (Å²) in [5.41, 5.74) is 2.86. The molecule has 0 bridgehead atoms. The second-order valence-corrected chi connectivity index (χ2v) is 8.26. The van der Waals surface area contributed by atoms with Gasteiger partial charge in [-0.3, -0.25) is 9.59 Å². The maximum atomic E-state index is 14.2. The highest BCUT2D eigenvalue weighted by molar-refractivity contribution is 6.08. The fraction of sp³-hybridized carbons (Fsp3) is 0.423. The van der Waals surface area contributed by atoms with E-state index in [0.717, 1.165) is 18.4 Å². The number of nitrogens with zero attached hydrogens (tertiary/aromatic N) is 2. The second kappa shape index (κ2) is 11.6. The Bertz CT molecular complexity index is 1050. The largest absolute Gasteiger partial charge is 0.492 e. The zero-order valence-corrected chi connectivity index (χ0v) is 20.2. The molecule has 2 aromatic carbocycles. The van der Waals surface area contributed by atoms with Crippen molar-refractivity contribution in [3.8, 4) is 11.5 Å². The molecule has 0 fully saturated rings. The average molecular weight is 470 g/mol. The molecule has 0 spiro atoms. The Kier molecular flexibility index (Phi) is 8.62. The van der Waals surface area contributed by atoms with Crippen LogP contribution in [-0.4, -0.2) is 36.8 Å². The number of hydrogen-bond acceptors (Lipinski definition) is 5. The van der Waals surface area contributed by atoms with Crippen molar-refractivity contribution < 1.29 is 23.5 Å². The summed E-state index contributed by atoms with van der Waals surface area (Å²) in [6, 6.07) is 10.3. The lowest BCUT2D eigenvalue weighted by Crippen LogP contribution is -2.37. The number of carbonyl (C=O) groups is 2. The zero-order valence-electron chi connectivity index (χ0n) is 20.2. The molecule has 1 aliphatic heterocycles. The fourth-order valence-corrected chi connectivity index (χ4v) is 3.98. The van der Waals surface area contributed by atoms with Crippen molar-refractivity contribution in [2.24, 2.45) is 11.0 Å². The van der Waals surface area contributed by atoms with Crippen LogP contribution in [0.1, 0.15) is 57.1 Å². The fourth-order valence-electron chi connectivity index (χ4n) is 3.98. The van der Waals surface area contributed by atoms with Crippen molar-refractivity contribution >= 4 is 23.2 Å². The molecule has 3 rings (SSSR count). The summed E-state index contributed by atoms with van der Waals surface area (Å²) in [4.78, 5) is 24.8. The van der Waals surface area contributed by atoms with Crippen molar-refractivity contribution in [1.29, 1.82) is 0 Å². The molecular weight excluding hydrogens is 437 g/mol. The number of anilines is 1. The van der Waals surface area contributed by atoms with Crippen molar-refractivity contribution in [3.63, 3.8) is 0 Å². The summed E-state index contributed by atoms with van der Waals surface area (Å²) in [6.45, 7) is 4.32. The van der Waals surface area contributed by atoms with Gasteiger partial charge < -0.3 is 14.8 Å². The van der Waals surface area contributed by atoms with Crippen LogP contribution in [0.3, 0.4) is 0 Å². The van der Waals surface area contributed by atoms with E-state index in [2.05, 4.69) is 10.4 Å². The SMILES string of the molecule is CCCCC(=O)Nc1ccc(CN2N=C(c3ccc(F)c(OC)c3OC)C(CC)CC2=O)cc1. The Hall–Kier alpha value is -3.42. The number of hydrogen-bond donors (Lipinski definition) is 1. The number of unbranched alkanes of at least 4 members (excludes halogenated alkanes) is 1. The molecule has 1 unspecified atom stereocenters. The van der Waals surface area contributed by atoms with Gasteiger partial charge in [0.05, 0.1) is 26.5 Å². The molecule has 0 aromatic heterocycles. The lowest BCUT2D eigenvalue weighted by Gasteiger charge is -2.30. The Balaban J connectivity index is 1.85. The number of nitrogens with one attached hydrogen (secondary N) is 1. The van der Waals surface area contributed by atoms with E-state index >= 15 is 0 Å². The van der Waals surface area contributed by atoms with Gasteiger partial charge in [-0.05, 0) is 42.7 Å². The minimum atomic E-state index is -0.526. The van der Waals surface area contributed by atoms with Crippen LogP contribution in [0.4, 0.5) is 10.1 Å². The number of amides is 2. The van der Waals surface area contributed by atoms with Gasteiger partial charge in [-0.15, -0.1) is 0 Å². The quantitative estimate of drug-likeness (QED) is 0.523. The number of methoxy groups -OCH3 is 2. The predicted molar refractivity (Wildman–Crippen MR) is 130 cm³/mol. The summed E-state index contributed by atoms with van der Waals surface area (Å²) in [5.74, 6) is -0.462. The minimum absolute atomic E-state index is 0.00988. The number of rotatable bonds is 10. The average Bonchev–Trinajstić information content (AvgIpc) is 2.84. The molecule has 34 heavy (non-hydrogen) atoms. The van der Waals surface area contributed by atoms with Crippen molar-refractivity contribution in [2.75, 3.05) is 19.5 Å². The first-order valence-electron chi connectivity index (χ1n) is 11.6.